The summed E-state index contributed by atoms with van der Waals surface area (Å²) in [5.74, 6) is 0. The van der Waals surface area contributed by atoms with Crippen molar-refractivity contribution in [2.24, 2.45) is 0 Å². The molecule has 2 nitrogen and oxygen atoms in total. The van der Waals surface area contributed by atoms with Crippen molar-refractivity contribution in [1.82, 2.24) is 5.32 Å². The lowest BCUT2D eigenvalue weighted by molar-refractivity contribution is 0.129. The van der Waals surface area contributed by atoms with Crippen molar-refractivity contribution in [1.29, 1.82) is 0 Å². The van der Waals surface area contributed by atoms with E-state index >= 15 is 0 Å². The number of hydrogen-bond acceptors (Lipinski definition) is 3. The third-order valence-electron chi connectivity index (χ3n) is 3.34. The van der Waals surface area contributed by atoms with Crippen molar-refractivity contribution < 1.29 is 5.11 Å². The maximum Gasteiger partial charge on any atom is 0.108 e. The van der Waals surface area contributed by atoms with Gasteiger partial charge >= 0.3 is 0 Å². The summed E-state index contributed by atoms with van der Waals surface area (Å²) in [5, 5.41) is 16.4. The fourth-order valence-electron chi connectivity index (χ4n) is 2.47. The molecule has 3 rings (SSSR count). The van der Waals surface area contributed by atoms with E-state index in [9.17, 15) is 5.11 Å². The molecule has 2 aromatic rings. The molecule has 0 radical (unpaired) electrons. The Kier molecular flexibility index (Phi) is 3.39. The maximum absolute atomic E-state index is 10.5. The van der Waals surface area contributed by atoms with E-state index in [1.807, 2.05) is 17.5 Å². The van der Waals surface area contributed by atoms with E-state index in [2.05, 4.69) is 23.5 Å². The number of halogens is 1. The van der Waals surface area contributed by atoms with E-state index in [1.54, 1.807) is 0 Å². The molecule has 0 spiro atoms. The second-order valence-electron chi connectivity index (χ2n) is 4.49. The summed E-state index contributed by atoms with van der Waals surface area (Å²) in [6.07, 6.45) is 0.480. The van der Waals surface area contributed by atoms with Crippen LogP contribution >= 0.6 is 22.9 Å². The van der Waals surface area contributed by atoms with Crippen LogP contribution in [0.25, 0.3) is 0 Å². The molecule has 1 aliphatic heterocycles. The van der Waals surface area contributed by atoms with Gasteiger partial charge in [0, 0.05) is 10.3 Å². The second-order valence-corrected chi connectivity index (χ2v) is 5.87. The number of aliphatic hydroxyl groups is 1. The topological polar surface area (TPSA) is 32.3 Å². The first-order valence-corrected chi connectivity index (χ1v) is 7.24. The number of nitrogens with one attached hydrogen (secondary N) is 1. The standard InChI is InChI=1S/C14H14ClNOS/c15-10-7-12(18-8-10)14(17)13-11-4-2-1-3-9(11)5-6-16-13/h1-4,7-8,13-14,16-17H,5-6H2. The zero-order valence-electron chi connectivity index (χ0n) is 9.77. The molecule has 0 amide bonds. The van der Waals surface area contributed by atoms with Crippen LogP contribution in [0.3, 0.4) is 0 Å². The highest BCUT2D eigenvalue weighted by atomic mass is 35.5. The molecule has 0 saturated carbocycles. The Hall–Kier alpha value is -0.870. The smallest absolute Gasteiger partial charge is 0.108 e. The van der Waals surface area contributed by atoms with Crippen LogP contribution in [0.15, 0.2) is 35.7 Å². The van der Waals surface area contributed by atoms with Gasteiger partial charge in [0.1, 0.15) is 6.10 Å². The highest BCUT2D eigenvalue weighted by Gasteiger charge is 2.27. The number of rotatable bonds is 2. The normalized spacial score (nSPS) is 20.4. The zero-order chi connectivity index (χ0) is 12.5. The minimum atomic E-state index is -0.538. The minimum absolute atomic E-state index is 0.0373. The fourth-order valence-corrected chi connectivity index (χ4v) is 3.57. The van der Waals surface area contributed by atoms with Crippen LogP contribution in [0, 0.1) is 0 Å². The molecule has 1 aromatic carbocycles. The zero-order valence-corrected chi connectivity index (χ0v) is 11.3. The van der Waals surface area contributed by atoms with Gasteiger partial charge in [0.2, 0.25) is 0 Å². The van der Waals surface area contributed by atoms with Crippen LogP contribution in [-0.2, 0) is 6.42 Å². The lowest BCUT2D eigenvalue weighted by Gasteiger charge is -2.30. The minimum Gasteiger partial charge on any atom is -0.386 e. The Bertz CT molecular complexity index is 554. The quantitative estimate of drug-likeness (QED) is 0.884. The van der Waals surface area contributed by atoms with Gasteiger partial charge in [-0.3, -0.25) is 0 Å². The summed E-state index contributed by atoms with van der Waals surface area (Å²) in [5.41, 5.74) is 2.52. The Labute approximate surface area is 115 Å². The molecule has 0 aliphatic carbocycles. The molecule has 1 aliphatic rings. The van der Waals surface area contributed by atoms with Crippen molar-refractivity contribution in [2.45, 2.75) is 18.6 Å². The van der Waals surface area contributed by atoms with Crippen LogP contribution in [0.1, 0.15) is 28.1 Å². The Morgan fingerprint density at radius 2 is 2.22 bits per heavy atom. The molecule has 1 aromatic heterocycles. The van der Waals surface area contributed by atoms with E-state index in [-0.39, 0.29) is 6.04 Å². The molecule has 94 valence electrons. The Morgan fingerprint density at radius 3 is 3.00 bits per heavy atom. The number of aliphatic hydroxyl groups excluding tert-OH is 1. The maximum atomic E-state index is 10.5. The molecule has 2 N–H and O–H groups in total. The number of benzene rings is 1. The summed E-state index contributed by atoms with van der Waals surface area (Å²) < 4.78 is 0. The number of thiophene rings is 1. The van der Waals surface area contributed by atoms with Crippen molar-refractivity contribution in [3.8, 4) is 0 Å². The first-order valence-electron chi connectivity index (χ1n) is 5.99. The number of hydrogen-bond donors (Lipinski definition) is 2. The van der Waals surface area contributed by atoms with E-state index in [4.69, 9.17) is 11.6 Å². The second kappa shape index (κ2) is 5.02. The fraction of sp³-hybridized carbons (Fsp3) is 0.286. The van der Waals surface area contributed by atoms with E-state index in [1.165, 1.54) is 22.5 Å². The van der Waals surface area contributed by atoms with Gasteiger partial charge in [-0.05, 0) is 30.2 Å². The van der Waals surface area contributed by atoms with E-state index in [0.29, 0.717) is 5.02 Å². The summed E-state index contributed by atoms with van der Waals surface area (Å²) in [4.78, 5) is 0.911. The summed E-state index contributed by atoms with van der Waals surface area (Å²) in [7, 11) is 0. The molecule has 0 bridgehead atoms. The Balaban J connectivity index is 1.94. The largest absolute Gasteiger partial charge is 0.386 e. The third kappa shape index (κ3) is 2.19. The predicted molar refractivity (Wildman–Crippen MR) is 75.2 cm³/mol. The van der Waals surface area contributed by atoms with Crippen molar-refractivity contribution in [3.05, 3.63) is 56.7 Å². The highest BCUT2D eigenvalue weighted by molar-refractivity contribution is 7.10. The van der Waals surface area contributed by atoms with Gasteiger partial charge in [-0.1, -0.05) is 35.9 Å². The average Bonchev–Trinajstić information content (AvgIpc) is 2.84. The highest BCUT2D eigenvalue weighted by Crippen LogP contribution is 2.36. The first kappa shape index (κ1) is 12.2. The molecule has 2 heterocycles. The van der Waals surface area contributed by atoms with Gasteiger partial charge in [0.15, 0.2) is 0 Å². The summed E-state index contributed by atoms with van der Waals surface area (Å²) in [6.45, 7) is 0.901. The van der Waals surface area contributed by atoms with Gasteiger partial charge < -0.3 is 10.4 Å². The van der Waals surface area contributed by atoms with Crippen LogP contribution in [-0.4, -0.2) is 11.7 Å². The lowest BCUT2D eigenvalue weighted by Crippen LogP contribution is -2.33. The monoisotopic (exact) mass is 279 g/mol. The predicted octanol–water partition coefficient (Wildman–Crippen LogP) is 3.32. The van der Waals surface area contributed by atoms with Crippen molar-refractivity contribution >= 4 is 22.9 Å². The van der Waals surface area contributed by atoms with E-state index in [0.717, 1.165) is 17.8 Å². The molecule has 2 unspecified atom stereocenters. The third-order valence-corrected chi connectivity index (χ3v) is 4.69. The van der Waals surface area contributed by atoms with Crippen LogP contribution < -0.4 is 5.32 Å². The Morgan fingerprint density at radius 1 is 1.39 bits per heavy atom. The van der Waals surface area contributed by atoms with Gasteiger partial charge in [-0.15, -0.1) is 11.3 Å². The molecule has 2 atom stereocenters. The summed E-state index contributed by atoms with van der Waals surface area (Å²) in [6, 6.07) is 10.1. The van der Waals surface area contributed by atoms with Crippen LogP contribution in [0.2, 0.25) is 5.02 Å². The van der Waals surface area contributed by atoms with Gasteiger partial charge in [-0.25, -0.2) is 0 Å². The molecule has 18 heavy (non-hydrogen) atoms. The van der Waals surface area contributed by atoms with E-state index < -0.39 is 6.10 Å². The SMILES string of the molecule is OC(c1cc(Cl)cs1)C1NCCc2ccccc21. The van der Waals surface area contributed by atoms with Crippen molar-refractivity contribution in [3.63, 3.8) is 0 Å². The first-order chi connectivity index (χ1) is 8.75. The van der Waals surface area contributed by atoms with Crippen LogP contribution in [0.4, 0.5) is 0 Å². The van der Waals surface area contributed by atoms with Crippen molar-refractivity contribution in [2.75, 3.05) is 6.54 Å². The molecular weight excluding hydrogens is 266 g/mol. The number of fused-ring (bicyclic) bond motifs is 1. The molecule has 0 saturated heterocycles. The van der Waals surface area contributed by atoms with Gasteiger partial charge in [-0.2, -0.15) is 0 Å². The lowest BCUT2D eigenvalue weighted by atomic mass is 9.91. The molecule has 0 fully saturated rings. The van der Waals surface area contributed by atoms with Gasteiger partial charge in [0.05, 0.1) is 11.1 Å². The summed E-state index contributed by atoms with van der Waals surface area (Å²) >= 11 is 7.43. The molecular formula is C14H14ClNOS. The molecule has 4 heteroatoms. The average molecular weight is 280 g/mol. The van der Waals surface area contributed by atoms with Gasteiger partial charge in [0.25, 0.3) is 0 Å². The van der Waals surface area contributed by atoms with Crippen LogP contribution in [0.5, 0.6) is 0 Å².